The van der Waals surface area contributed by atoms with Gasteiger partial charge in [0.15, 0.2) is 11.6 Å². The van der Waals surface area contributed by atoms with Gasteiger partial charge >= 0.3 is 0 Å². The van der Waals surface area contributed by atoms with Gasteiger partial charge in [-0.2, -0.15) is 0 Å². The van der Waals surface area contributed by atoms with Crippen LogP contribution < -0.4 is 10.2 Å². The summed E-state index contributed by atoms with van der Waals surface area (Å²) < 4.78 is 32.6. The molecule has 1 amide bonds. The second kappa shape index (κ2) is 8.58. The van der Waals surface area contributed by atoms with Crippen molar-refractivity contribution in [2.24, 2.45) is 0 Å². The van der Waals surface area contributed by atoms with Crippen LogP contribution in [-0.2, 0) is 9.53 Å². The fourth-order valence-corrected chi connectivity index (χ4v) is 3.30. The van der Waals surface area contributed by atoms with Crippen LogP contribution in [0, 0.1) is 18.6 Å². The van der Waals surface area contributed by atoms with Crippen molar-refractivity contribution in [2.75, 3.05) is 57.9 Å². The number of nitrogens with zero attached hydrogens (tertiary/aromatic N) is 3. The van der Waals surface area contributed by atoms with Crippen LogP contribution >= 0.6 is 0 Å². The molecule has 0 saturated carbocycles. The smallest absolute Gasteiger partial charge is 0.234 e. The molecule has 1 aromatic heterocycles. The highest BCUT2D eigenvalue weighted by Gasteiger charge is 2.22. The van der Waals surface area contributed by atoms with E-state index in [2.05, 4.69) is 20.1 Å². The van der Waals surface area contributed by atoms with E-state index in [1.807, 2.05) is 6.07 Å². The molecule has 146 valence electrons. The maximum absolute atomic E-state index is 14.1. The van der Waals surface area contributed by atoms with Gasteiger partial charge in [-0.15, -0.1) is 0 Å². The summed E-state index contributed by atoms with van der Waals surface area (Å²) in [6, 6.07) is 4.61. The van der Waals surface area contributed by atoms with Gasteiger partial charge in [0.1, 0.15) is 5.52 Å². The molecule has 0 aliphatic carbocycles. The summed E-state index contributed by atoms with van der Waals surface area (Å²) in [5.74, 6) is -1.83. The minimum Gasteiger partial charge on any atom is -0.383 e. The van der Waals surface area contributed by atoms with E-state index in [0.29, 0.717) is 57.0 Å². The van der Waals surface area contributed by atoms with Crippen LogP contribution in [0.3, 0.4) is 0 Å². The highest BCUT2D eigenvalue weighted by atomic mass is 19.2. The molecule has 0 unspecified atom stereocenters. The Bertz CT molecular complexity index is 823. The van der Waals surface area contributed by atoms with Crippen LogP contribution in [-0.4, -0.2) is 68.8 Å². The van der Waals surface area contributed by atoms with Gasteiger partial charge in [-0.1, -0.05) is 0 Å². The lowest BCUT2D eigenvalue weighted by Gasteiger charge is -2.36. The fraction of sp³-hybridized carbons (Fsp3) is 0.474. The molecule has 8 heteroatoms. The number of piperazine rings is 1. The van der Waals surface area contributed by atoms with E-state index in [0.717, 1.165) is 11.8 Å². The van der Waals surface area contributed by atoms with Crippen molar-refractivity contribution < 1.29 is 18.3 Å². The molecule has 1 aromatic carbocycles. The number of pyridine rings is 1. The third-order valence-electron chi connectivity index (χ3n) is 4.69. The Kier molecular flexibility index (Phi) is 6.18. The van der Waals surface area contributed by atoms with Gasteiger partial charge in [0.25, 0.3) is 0 Å². The minimum absolute atomic E-state index is 0.0248. The van der Waals surface area contributed by atoms with Gasteiger partial charge in [-0.3, -0.25) is 9.69 Å². The first-order chi connectivity index (χ1) is 13.0. The summed E-state index contributed by atoms with van der Waals surface area (Å²) in [4.78, 5) is 20.3. The zero-order valence-electron chi connectivity index (χ0n) is 15.6. The summed E-state index contributed by atoms with van der Waals surface area (Å²) in [6.07, 6.45) is 0. The number of benzene rings is 1. The van der Waals surface area contributed by atoms with E-state index in [1.165, 1.54) is 0 Å². The van der Waals surface area contributed by atoms with Crippen molar-refractivity contribution in [1.29, 1.82) is 0 Å². The second-order valence-electron chi connectivity index (χ2n) is 6.65. The molecule has 1 fully saturated rings. The molecule has 1 N–H and O–H groups in total. The Morgan fingerprint density at radius 1 is 1.26 bits per heavy atom. The number of nitrogens with one attached hydrogen (secondary N) is 1. The Morgan fingerprint density at radius 3 is 2.70 bits per heavy atom. The molecule has 1 aliphatic heterocycles. The minimum atomic E-state index is -0.913. The summed E-state index contributed by atoms with van der Waals surface area (Å²) in [6.45, 7) is 5.92. The topological polar surface area (TPSA) is 57.7 Å². The van der Waals surface area contributed by atoms with Crippen LogP contribution in [0.1, 0.15) is 5.69 Å². The van der Waals surface area contributed by atoms with Gasteiger partial charge in [0.05, 0.1) is 13.2 Å². The first-order valence-electron chi connectivity index (χ1n) is 8.98. The third kappa shape index (κ3) is 4.51. The van der Waals surface area contributed by atoms with Gasteiger partial charge < -0.3 is 15.0 Å². The molecule has 1 aliphatic rings. The highest BCUT2D eigenvalue weighted by molar-refractivity contribution is 5.92. The number of anilines is 1. The molecule has 0 bridgehead atoms. The maximum atomic E-state index is 14.1. The number of amides is 1. The van der Waals surface area contributed by atoms with Gasteiger partial charge in [0.2, 0.25) is 5.91 Å². The Hall–Kier alpha value is -2.32. The normalized spacial score (nSPS) is 15.3. The number of fused-ring (bicyclic) bond motifs is 1. The lowest BCUT2D eigenvalue weighted by atomic mass is 10.1. The third-order valence-corrected chi connectivity index (χ3v) is 4.69. The van der Waals surface area contributed by atoms with E-state index >= 15 is 0 Å². The van der Waals surface area contributed by atoms with Crippen LogP contribution in [0.4, 0.5) is 14.5 Å². The van der Waals surface area contributed by atoms with Crippen molar-refractivity contribution in [3.8, 4) is 0 Å². The van der Waals surface area contributed by atoms with Gasteiger partial charge in [0, 0.05) is 56.6 Å². The number of aromatic nitrogens is 1. The molecule has 0 spiro atoms. The molecule has 2 heterocycles. The van der Waals surface area contributed by atoms with E-state index < -0.39 is 11.6 Å². The van der Waals surface area contributed by atoms with Crippen molar-refractivity contribution >= 4 is 22.5 Å². The van der Waals surface area contributed by atoms with Crippen LogP contribution in [0.25, 0.3) is 10.9 Å². The van der Waals surface area contributed by atoms with Gasteiger partial charge in [-0.05, 0) is 25.1 Å². The lowest BCUT2D eigenvalue weighted by Crippen LogP contribution is -2.49. The number of carbonyl (C=O) groups is 1. The molecule has 3 rings (SSSR count). The first kappa shape index (κ1) is 19.4. The molecule has 1 saturated heterocycles. The largest absolute Gasteiger partial charge is 0.383 e. The Morgan fingerprint density at radius 2 is 2.00 bits per heavy atom. The zero-order chi connectivity index (χ0) is 19.4. The number of hydrogen-bond donors (Lipinski definition) is 1. The second-order valence-corrected chi connectivity index (χ2v) is 6.65. The predicted octanol–water partition coefficient (Wildman–Crippen LogP) is 1.71. The SMILES string of the molecule is COCCNC(=O)CN1CCN(c2cc(C)nc3c(F)c(F)ccc23)CC1. The Balaban J connectivity index is 1.68. The Labute approximate surface area is 157 Å². The van der Waals surface area contributed by atoms with Crippen molar-refractivity contribution in [3.63, 3.8) is 0 Å². The fourth-order valence-electron chi connectivity index (χ4n) is 3.30. The average molecular weight is 378 g/mol. The number of methoxy groups -OCH3 is 1. The number of rotatable bonds is 6. The summed E-state index contributed by atoms with van der Waals surface area (Å²) in [5.41, 5.74) is 1.55. The van der Waals surface area contributed by atoms with Crippen LogP contribution in [0.5, 0.6) is 0 Å². The average Bonchev–Trinajstić information content (AvgIpc) is 2.65. The summed E-state index contributed by atoms with van der Waals surface area (Å²) in [5, 5.41) is 3.41. The number of hydrogen-bond acceptors (Lipinski definition) is 5. The van der Waals surface area contributed by atoms with Crippen LogP contribution in [0.15, 0.2) is 18.2 Å². The predicted molar refractivity (Wildman–Crippen MR) is 99.9 cm³/mol. The molecule has 0 radical (unpaired) electrons. The van der Waals surface area contributed by atoms with E-state index in [-0.39, 0.29) is 11.4 Å². The number of aryl methyl sites for hydroxylation is 1. The zero-order valence-corrected chi connectivity index (χ0v) is 15.6. The standard InChI is InChI=1S/C19H24F2N4O2/c1-13-11-16(14-3-4-15(20)18(21)19(14)23-13)25-8-6-24(7-9-25)12-17(26)22-5-10-27-2/h3-4,11H,5-10,12H2,1-2H3,(H,22,26). The maximum Gasteiger partial charge on any atom is 0.234 e. The van der Waals surface area contributed by atoms with Gasteiger partial charge in [-0.25, -0.2) is 13.8 Å². The van der Waals surface area contributed by atoms with E-state index in [9.17, 15) is 13.6 Å². The molecular formula is C19H24F2N4O2. The molecule has 27 heavy (non-hydrogen) atoms. The molecule has 2 aromatic rings. The lowest BCUT2D eigenvalue weighted by molar-refractivity contribution is -0.122. The number of halogens is 2. The molecule has 0 atom stereocenters. The van der Waals surface area contributed by atoms with E-state index in [1.54, 1.807) is 20.1 Å². The molecule has 6 nitrogen and oxygen atoms in total. The van der Waals surface area contributed by atoms with Crippen molar-refractivity contribution in [1.82, 2.24) is 15.2 Å². The first-order valence-corrected chi connectivity index (χ1v) is 8.98. The van der Waals surface area contributed by atoms with Crippen molar-refractivity contribution in [3.05, 3.63) is 35.5 Å². The quantitative estimate of drug-likeness (QED) is 0.776. The van der Waals surface area contributed by atoms with E-state index in [4.69, 9.17) is 4.74 Å². The van der Waals surface area contributed by atoms with Crippen molar-refractivity contribution in [2.45, 2.75) is 6.92 Å². The summed E-state index contributed by atoms with van der Waals surface area (Å²) in [7, 11) is 1.59. The molecular weight excluding hydrogens is 354 g/mol. The highest BCUT2D eigenvalue weighted by Crippen LogP contribution is 2.30. The monoisotopic (exact) mass is 378 g/mol. The van der Waals surface area contributed by atoms with Crippen LogP contribution in [0.2, 0.25) is 0 Å². The number of carbonyl (C=O) groups excluding carboxylic acids is 1. The number of ether oxygens (including phenoxy) is 1. The summed E-state index contributed by atoms with van der Waals surface area (Å²) >= 11 is 0.